The van der Waals surface area contributed by atoms with Crippen LogP contribution in [-0.4, -0.2) is 27.0 Å². The molecular formula is C17H14N4O4. The zero-order valence-corrected chi connectivity index (χ0v) is 13.3. The maximum absolute atomic E-state index is 12.8. The van der Waals surface area contributed by atoms with Crippen LogP contribution in [0, 0.1) is 0 Å². The van der Waals surface area contributed by atoms with Gasteiger partial charge in [-0.2, -0.15) is 4.98 Å². The Morgan fingerprint density at radius 1 is 1.16 bits per heavy atom. The second-order valence-electron chi connectivity index (χ2n) is 5.80. The van der Waals surface area contributed by atoms with Gasteiger partial charge in [-0.3, -0.25) is 9.69 Å². The molecule has 3 aromatic rings. The molecule has 1 N–H and O–H groups in total. The van der Waals surface area contributed by atoms with Crippen molar-refractivity contribution >= 4 is 11.9 Å². The van der Waals surface area contributed by atoms with Gasteiger partial charge in [0, 0.05) is 0 Å². The monoisotopic (exact) mass is 338 g/mol. The van der Waals surface area contributed by atoms with Gasteiger partial charge in [0.25, 0.3) is 5.91 Å². The van der Waals surface area contributed by atoms with Crippen LogP contribution in [0.1, 0.15) is 18.4 Å². The van der Waals surface area contributed by atoms with E-state index in [-0.39, 0.29) is 24.2 Å². The number of aromatic nitrogens is 2. The third-order valence-corrected chi connectivity index (χ3v) is 4.13. The van der Waals surface area contributed by atoms with Crippen LogP contribution in [0.2, 0.25) is 0 Å². The fraction of sp³-hybridized carbons (Fsp3) is 0.176. The first-order valence-electron chi connectivity index (χ1n) is 7.64. The highest BCUT2D eigenvalue weighted by atomic mass is 16.5. The number of hydrogen-bond acceptors (Lipinski definition) is 6. The largest absolute Gasteiger partial charge is 0.461 e. The van der Waals surface area contributed by atoms with E-state index < -0.39 is 11.6 Å². The topological polar surface area (TPSA) is 101 Å². The predicted molar refractivity (Wildman–Crippen MR) is 84.9 cm³/mol. The van der Waals surface area contributed by atoms with Gasteiger partial charge in [-0.1, -0.05) is 35.5 Å². The Morgan fingerprint density at radius 3 is 2.68 bits per heavy atom. The van der Waals surface area contributed by atoms with Crippen LogP contribution in [0.3, 0.4) is 0 Å². The Labute approximate surface area is 142 Å². The first kappa shape index (κ1) is 15.1. The number of carbonyl (C=O) groups excluding carboxylic acids is 2. The lowest BCUT2D eigenvalue weighted by atomic mass is 9.92. The summed E-state index contributed by atoms with van der Waals surface area (Å²) in [4.78, 5) is 30.3. The third kappa shape index (κ3) is 2.47. The summed E-state index contributed by atoms with van der Waals surface area (Å²) < 4.78 is 10.3. The van der Waals surface area contributed by atoms with E-state index in [1.54, 1.807) is 31.2 Å². The van der Waals surface area contributed by atoms with E-state index in [0.29, 0.717) is 11.3 Å². The molecule has 0 radical (unpaired) electrons. The molecule has 0 saturated carbocycles. The van der Waals surface area contributed by atoms with Crippen LogP contribution in [0.5, 0.6) is 0 Å². The number of amides is 3. The molecule has 0 unspecified atom stereocenters. The number of carbonyl (C=O) groups is 2. The summed E-state index contributed by atoms with van der Waals surface area (Å²) in [6.45, 7) is 1.56. The minimum atomic E-state index is -1.12. The van der Waals surface area contributed by atoms with E-state index in [1.165, 1.54) is 6.26 Å². The van der Waals surface area contributed by atoms with E-state index in [4.69, 9.17) is 8.94 Å². The number of nitrogens with zero attached hydrogens (tertiary/aromatic N) is 3. The molecule has 0 aliphatic carbocycles. The van der Waals surface area contributed by atoms with Gasteiger partial charge < -0.3 is 14.3 Å². The Kier molecular flexibility index (Phi) is 3.38. The smallest absolute Gasteiger partial charge is 0.325 e. The summed E-state index contributed by atoms with van der Waals surface area (Å²) in [7, 11) is 0. The summed E-state index contributed by atoms with van der Waals surface area (Å²) in [6, 6.07) is 12.0. The van der Waals surface area contributed by atoms with Crippen LogP contribution in [0.25, 0.3) is 11.6 Å². The molecule has 1 aliphatic heterocycles. The Morgan fingerprint density at radius 2 is 1.96 bits per heavy atom. The second kappa shape index (κ2) is 5.59. The van der Waals surface area contributed by atoms with E-state index in [2.05, 4.69) is 15.5 Å². The molecule has 25 heavy (non-hydrogen) atoms. The van der Waals surface area contributed by atoms with Crippen molar-refractivity contribution < 1.29 is 18.5 Å². The van der Waals surface area contributed by atoms with Gasteiger partial charge in [0.15, 0.2) is 5.76 Å². The number of benzene rings is 1. The molecule has 3 amide bonds. The highest BCUT2D eigenvalue weighted by Crippen LogP contribution is 2.29. The van der Waals surface area contributed by atoms with Crippen molar-refractivity contribution in [1.29, 1.82) is 0 Å². The predicted octanol–water partition coefficient (Wildman–Crippen LogP) is 2.30. The van der Waals surface area contributed by atoms with Crippen molar-refractivity contribution in [1.82, 2.24) is 20.4 Å². The summed E-state index contributed by atoms with van der Waals surface area (Å²) in [5.41, 5.74) is -0.417. The van der Waals surface area contributed by atoms with Crippen LogP contribution in [-0.2, 0) is 16.9 Å². The number of urea groups is 1. The Hall–Kier alpha value is -3.42. The van der Waals surface area contributed by atoms with Gasteiger partial charge in [-0.05, 0) is 24.6 Å². The van der Waals surface area contributed by atoms with E-state index >= 15 is 0 Å². The number of imide groups is 1. The normalized spacial score (nSPS) is 20.1. The average molecular weight is 338 g/mol. The summed E-state index contributed by atoms with van der Waals surface area (Å²) in [5.74, 6) is 0.479. The molecule has 0 spiro atoms. The maximum atomic E-state index is 12.8. The molecule has 1 saturated heterocycles. The molecule has 3 heterocycles. The van der Waals surface area contributed by atoms with Gasteiger partial charge in [0.2, 0.25) is 11.7 Å². The Balaban J connectivity index is 1.57. The summed E-state index contributed by atoms with van der Waals surface area (Å²) in [6.07, 6.45) is 1.49. The van der Waals surface area contributed by atoms with E-state index in [9.17, 15) is 9.59 Å². The van der Waals surface area contributed by atoms with Crippen molar-refractivity contribution in [3.63, 3.8) is 0 Å². The van der Waals surface area contributed by atoms with E-state index in [1.807, 2.05) is 18.2 Å². The van der Waals surface area contributed by atoms with Crippen molar-refractivity contribution in [2.45, 2.75) is 19.0 Å². The van der Waals surface area contributed by atoms with Crippen LogP contribution >= 0.6 is 0 Å². The molecule has 8 heteroatoms. The molecule has 1 fully saturated rings. The standard InChI is InChI=1S/C17H14N4O4/c1-17(11-6-3-2-4-7-11)15(22)21(16(23)19-17)10-13-18-14(20-25-13)12-8-5-9-24-12/h2-9H,10H2,1H3,(H,19,23)/t17-/m1/s1. The summed E-state index contributed by atoms with van der Waals surface area (Å²) >= 11 is 0. The number of furan rings is 1. The number of nitrogens with one attached hydrogen (secondary N) is 1. The lowest BCUT2D eigenvalue weighted by molar-refractivity contribution is -0.131. The molecular weight excluding hydrogens is 324 g/mol. The maximum Gasteiger partial charge on any atom is 0.325 e. The third-order valence-electron chi connectivity index (χ3n) is 4.13. The van der Waals surface area contributed by atoms with Gasteiger partial charge >= 0.3 is 6.03 Å². The quantitative estimate of drug-likeness (QED) is 0.732. The van der Waals surface area contributed by atoms with Crippen molar-refractivity contribution in [2.24, 2.45) is 0 Å². The van der Waals surface area contributed by atoms with Gasteiger partial charge in [-0.15, -0.1) is 0 Å². The first-order chi connectivity index (χ1) is 12.1. The second-order valence-corrected chi connectivity index (χ2v) is 5.80. The molecule has 0 bridgehead atoms. The van der Waals surface area contributed by atoms with Crippen LogP contribution in [0.4, 0.5) is 4.79 Å². The minimum Gasteiger partial charge on any atom is -0.461 e. The highest BCUT2D eigenvalue weighted by Gasteiger charge is 2.49. The zero-order chi connectivity index (χ0) is 17.4. The van der Waals surface area contributed by atoms with Crippen LogP contribution in [0.15, 0.2) is 57.7 Å². The van der Waals surface area contributed by atoms with Gasteiger partial charge in [0.05, 0.1) is 6.26 Å². The number of hydrogen-bond donors (Lipinski definition) is 1. The van der Waals surface area contributed by atoms with Crippen molar-refractivity contribution in [3.05, 3.63) is 60.2 Å². The SMILES string of the molecule is C[C@]1(c2ccccc2)NC(=O)N(Cc2nc(-c3ccco3)no2)C1=O. The molecule has 4 rings (SSSR count). The Bertz CT molecular complexity index is 919. The molecule has 1 atom stereocenters. The minimum absolute atomic E-state index is 0.110. The first-order valence-corrected chi connectivity index (χ1v) is 7.64. The molecule has 126 valence electrons. The lowest BCUT2D eigenvalue weighted by Gasteiger charge is -2.21. The summed E-state index contributed by atoms with van der Waals surface area (Å²) in [5, 5.41) is 6.53. The van der Waals surface area contributed by atoms with Gasteiger partial charge in [0.1, 0.15) is 12.1 Å². The van der Waals surface area contributed by atoms with E-state index in [0.717, 1.165) is 4.90 Å². The molecule has 8 nitrogen and oxygen atoms in total. The molecule has 1 aromatic carbocycles. The van der Waals surface area contributed by atoms with Gasteiger partial charge in [-0.25, -0.2) is 4.79 Å². The fourth-order valence-electron chi connectivity index (χ4n) is 2.77. The van der Waals surface area contributed by atoms with Crippen LogP contribution < -0.4 is 5.32 Å². The average Bonchev–Trinajstić information content (AvgIpc) is 3.34. The highest BCUT2D eigenvalue weighted by molar-refractivity contribution is 6.07. The van der Waals surface area contributed by atoms with Crippen molar-refractivity contribution in [2.75, 3.05) is 0 Å². The fourth-order valence-corrected chi connectivity index (χ4v) is 2.77. The molecule has 2 aromatic heterocycles. The zero-order valence-electron chi connectivity index (χ0n) is 13.3. The lowest BCUT2D eigenvalue weighted by Crippen LogP contribution is -2.40. The molecule has 1 aliphatic rings. The number of rotatable bonds is 4. The van der Waals surface area contributed by atoms with Crippen molar-refractivity contribution in [3.8, 4) is 11.6 Å².